The van der Waals surface area contributed by atoms with E-state index < -0.39 is 7.12 Å². The van der Waals surface area contributed by atoms with Gasteiger partial charge in [0.1, 0.15) is 0 Å². The SMILES string of the molecule is Cc1ccn(-c2ccc(B(O)O)cc2)n1. The lowest BCUT2D eigenvalue weighted by atomic mass is 9.80. The molecular formula is C10H11BN2O2. The zero-order valence-electron chi connectivity index (χ0n) is 8.33. The molecule has 4 nitrogen and oxygen atoms in total. The summed E-state index contributed by atoms with van der Waals surface area (Å²) in [5, 5.41) is 22.1. The molecule has 0 aliphatic carbocycles. The van der Waals surface area contributed by atoms with E-state index in [1.54, 1.807) is 28.9 Å². The highest BCUT2D eigenvalue weighted by Gasteiger charge is 2.09. The Balaban J connectivity index is 2.31. The number of hydrogen-bond acceptors (Lipinski definition) is 3. The quantitative estimate of drug-likeness (QED) is 0.666. The van der Waals surface area contributed by atoms with Crippen molar-refractivity contribution in [2.75, 3.05) is 0 Å². The third-order valence-corrected chi connectivity index (χ3v) is 2.18. The lowest BCUT2D eigenvalue weighted by Crippen LogP contribution is -2.29. The maximum Gasteiger partial charge on any atom is 0.488 e. The van der Waals surface area contributed by atoms with Crippen LogP contribution in [0.5, 0.6) is 0 Å². The van der Waals surface area contributed by atoms with Crippen LogP contribution in [0.25, 0.3) is 5.69 Å². The first-order chi connectivity index (χ1) is 7.16. The van der Waals surface area contributed by atoms with E-state index in [-0.39, 0.29) is 0 Å². The first kappa shape index (κ1) is 9.95. The van der Waals surface area contributed by atoms with Gasteiger partial charge in [-0.2, -0.15) is 5.10 Å². The van der Waals surface area contributed by atoms with Gasteiger partial charge in [-0.3, -0.25) is 0 Å². The molecule has 2 aromatic rings. The summed E-state index contributed by atoms with van der Waals surface area (Å²) < 4.78 is 1.74. The Morgan fingerprint density at radius 1 is 1.13 bits per heavy atom. The van der Waals surface area contributed by atoms with Gasteiger partial charge in [0, 0.05) is 6.20 Å². The Labute approximate surface area is 87.9 Å². The van der Waals surface area contributed by atoms with Crippen LogP contribution in [0.3, 0.4) is 0 Å². The summed E-state index contributed by atoms with van der Waals surface area (Å²) >= 11 is 0. The minimum Gasteiger partial charge on any atom is -0.423 e. The van der Waals surface area contributed by atoms with Gasteiger partial charge in [-0.25, -0.2) is 4.68 Å². The fraction of sp³-hybridized carbons (Fsp3) is 0.100. The molecule has 76 valence electrons. The van der Waals surface area contributed by atoms with Gasteiger partial charge in [-0.1, -0.05) is 12.1 Å². The topological polar surface area (TPSA) is 58.3 Å². The second kappa shape index (κ2) is 3.88. The molecule has 0 aliphatic heterocycles. The van der Waals surface area contributed by atoms with Gasteiger partial charge >= 0.3 is 7.12 Å². The predicted molar refractivity (Wildman–Crippen MR) is 58.1 cm³/mol. The average Bonchev–Trinajstić information content (AvgIpc) is 2.65. The molecule has 0 aliphatic rings. The summed E-state index contributed by atoms with van der Waals surface area (Å²) in [5.41, 5.74) is 2.32. The maximum absolute atomic E-state index is 8.92. The van der Waals surface area contributed by atoms with Crippen molar-refractivity contribution in [1.82, 2.24) is 9.78 Å². The van der Waals surface area contributed by atoms with E-state index >= 15 is 0 Å². The summed E-state index contributed by atoms with van der Waals surface area (Å²) in [6, 6.07) is 8.82. The molecule has 0 bridgehead atoms. The van der Waals surface area contributed by atoms with Crippen LogP contribution in [-0.4, -0.2) is 26.9 Å². The van der Waals surface area contributed by atoms with Crippen LogP contribution in [0.15, 0.2) is 36.5 Å². The Kier molecular flexibility index (Phi) is 2.57. The smallest absolute Gasteiger partial charge is 0.423 e. The zero-order valence-corrected chi connectivity index (χ0v) is 8.33. The molecule has 0 saturated carbocycles. The summed E-state index contributed by atoms with van der Waals surface area (Å²) in [4.78, 5) is 0. The van der Waals surface area contributed by atoms with Crippen molar-refractivity contribution in [2.24, 2.45) is 0 Å². The largest absolute Gasteiger partial charge is 0.488 e. The van der Waals surface area contributed by atoms with Crippen LogP contribution in [0.2, 0.25) is 0 Å². The van der Waals surface area contributed by atoms with Crippen molar-refractivity contribution >= 4 is 12.6 Å². The Hall–Kier alpha value is -1.59. The Morgan fingerprint density at radius 3 is 2.27 bits per heavy atom. The van der Waals surface area contributed by atoms with E-state index in [1.807, 2.05) is 19.2 Å². The zero-order chi connectivity index (χ0) is 10.8. The fourth-order valence-electron chi connectivity index (χ4n) is 1.36. The van der Waals surface area contributed by atoms with Crippen molar-refractivity contribution in [3.05, 3.63) is 42.2 Å². The van der Waals surface area contributed by atoms with Crippen molar-refractivity contribution in [3.63, 3.8) is 0 Å². The summed E-state index contributed by atoms with van der Waals surface area (Å²) in [6.07, 6.45) is 1.86. The molecule has 1 aromatic carbocycles. The highest BCUT2D eigenvalue weighted by molar-refractivity contribution is 6.58. The summed E-state index contributed by atoms with van der Waals surface area (Å²) in [7, 11) is -1.42. The molecule has 2 rings (SSSR count). The highest BCUT2D eigenvalue weighted by Crippen LogP contribution is 2.05. The number of hydrogen-bond donors (Lipinski definition) is 2. The maximum atomic E-state index is 8.92. The summed E-state index contributed by atoms with van der Waals surface area (Å²) in [5.74, 6) is 0. The number of nitrogens with zero attached hydrogens (tertiary/aromatic N) is 2. The standard InChI is InChI=1S/C10H11BN2O2/c1-8-6-7-13(12-8)10-4-2-9(3-5-10)11(14)15/h2-7,14-15H,1H3. The van der Waals surface area contributed by atoms with Gasteiger partial charge < -0.3 is 10.0 Å². The molecule has 1 heterocycles. The van der Waals surface area contributed by atoms with Crippen molar-refractivity contribution in [1.29, 1.82) is 0 Å². The molecule has 0 atom stereocenters. The first-order valence-corrected chi connectivity index (χ1v) is 4.65. The van der Waals surface area contributed by atoms with Crippen LogP contribution in [0.4, 0.5) is 0 Å². The Bertz CT molecular complexity index is 451. The Morgan fingerprint density at radius 2 is 1.80 bits per heavy atom. The van der Waals surface area contributed by atoms with E-state index in [4.69, 9.17) is 10.0 Å². The number of aromatic nitrogens is 2. The van der Waals surface area contributed by atoms with E-state index in [0.29, 0.717) is 5.46 Å². The van der Waals surface area contributed by atoms with E-state index in [2.05, 4.69) is 5.10 Å². The summed E-state index contributed by atoms with van der Waals surface area (Å²) in [6.45, 7) is 1.92. The molecule has 0 radical (unpaired) electrons. The van der Waals surface area contributed by atoms with E-state index in [0.717, 1.165) is 11.4 Å². The average molecular weight is 202 g/mol. The minimum atomic E-state index is -1.42. The molecule has 15 heavy (non-hydrogen) atoms. The number of aryl methyl sites for hydroxylation is 1. The predicted octanol–water partition coefficient (Wildman–Crippen LogP) is -0.139. The molecular weight excluding hydrogens is 191 g/mol. The minimum absolute atomic E-state index is 0.475. The second-order valence-corrected chi connectivity index (χ2v) is 3.37. The normalized spacial score (nSPS) is 10.3. The monoisotopic (exact) mass is 202 g/mol. The van der Waals surface area contributed by atoms with Crippen LogP contribution < -0.4 is 5.46 Å². The van der Waals surface area contributed by atoms with Crippen LogP contribution in [-0.2, 0) is 0 Å². The molecule has 0 fully saturated rings. The molecule has 0 unspecified atom stereocenters. The molecule has 0 spiro atoms. The van der Waals surface area contributed by atoms with Gasteiger partial charge in [-0.05, 0) is 30.6 Å². The van der Waals surface area contributed by atoms with Gasteiger partial charge in [0.2, 0.25) is 0 Å². The van der Waals surface area contributed by atoms with Gasteiger partial charge in [0.05, 0.1) is 11.4 Å². The van der Waals surface area contributed by atoms with E-state index in [1.165, 1.54) is 0 Å². The molecule has 5 heteroatoms. The van der Waals surface area contributed by atoms with Gasteiger partial charge in [-0.15, -0.1) is 0 Å². The van der Waals surface area contributed by atoms with Gasteiger partial charge in [0.15, 0.2) is 0 Å². The van der Waals surface area contributed by atoms with Crippen molar-refractivity contribution in [3.8, 4) is 5.69 Å². The first-order valence-electron chi connectivity index (χ1n) is 4.65. The van der Waals surface area contributed by atoms with Crippen LogP contribution in [0.1, 0.15) is 5.69 Å². The number of rotatable bonds is 2. The lowest BCUT2D eigenvalue weighted by molar-refractivity contribution is 0.426. The second-order valence-electron chi connectivity index (χ2n) is 3.37. The molecule has 1 aromatic heterocycles. The lowest BCUT2D eigenvalue weighted by Gasteiger charge is -2.03. The highest BCUT2D eigenvalue weighted by atomic mass is 16.4. The molecule has 0 saturated heterocycles. The third-order valence-electron chi connectivity index (χ3n) is 2.18. The number of benzene rings is 1. The van der Waals surface area contributed by atoms with Crippen molar-refractivity contribution < 1.29 is 10.0 Å². The third kappa shape index (κ3) is 2.08. The molecule has 2 N–H and O–H groups in total. The fourth-order valence-corrected chi connectivity index (χ4v) is 1.36. The molecule has 0 amide bonds. The van der Waals surface area contributed by atoms with Crippen LogP contribution >= 0.6 is 0 Å². The van der Waals surface area contributed by atoms with E-state index in [9.17, 15) is 0 Å². The van der Waals surface area contributed by atoms with Crippen molar-refractivity contribution in [2.45, 2.75) is 6.92 Å². The van der Waals surface area contributed by atoms with Crippen LogP contribution in [0, 0.1) is 6.92 Å². The van der Waals surface area contributed by atoms with Gasteiger partial charge in [0.25, 0.3) is 0 Å².